The fourth-order valence-electron chi connectivity index (χ4n) is 2.55. The van der Waals surface area contributed by atoms with Crippen molar-refractivity contribution in [1.29, 1.82) is 5.26 Å². The summed E-state index contributed by atoms with van der Waals surface area (Å²) < 4.78 is 18.7. The minimum Gasteiger partial charge on any atom is -0.418 e. The van der Waals surface area contributed by atoms with Crippen LogP contribution in [0.25, 0.3) is 11.5 Å². The van der Waals surface area contributed by atoms with Crippen LogP contribution in [0.4, 0.5) is 10.1 Å². The van der Waals surface area contributed by atoms with Crippen LogP contribution in [0.2, 0.25) is 5.02 Å². The van der Waals surface area contributed by atoms with Gasteiger partial charge in [-0.15, -0.1) is 10.2 Å². The molecule has 1 aromatic heterocycles. The maximum atomic E-state index is 13.1. The second-order valence-corrected chi connectivity index (χ2v) is 6.40. The van der Waals surface area contributed by atoms with Crippen LogP contribution in [-0.4, -0.2) is 21.4 Å². The van der Waals surface area contributed by atoms with E-state index in [1.165, 1.54) is 24.3 Å². The molecule has 0 amide bonds. The molecule has 1 heterocycles. The van der Waals surface area contributed by atoms with Crippen LogP contribution >= 0.6 is 11.6 Å². The molecule has 0 saturated heterocycles. The second kappa shape index (κ2) is 7.74. The molecule has 2 aromatic carbocycles. The van der Waals surface area contributed by atoms with E-state index in [-0.39, 0.29) is 17.6 Å². The van der Waals surface area contributed by atoms with Crippen molar-refractivity contribution in [2.45, 2.75) is 26.0 Å². The summed E-state index contributed by atoms with van der Waals surface area (Å²) in [6, 6.07) is 10.3. The summed E-state index contributed by atoms with van der Waals surface area (Å²) in [4.78, 5) is 0. The first-order chi connectivity index (χ1) is 12.9. The molecule has 0 spiro atoms. The summed E-state index contributed by atoms with van der Waals surface area (Å²) >= 11 is 6.20. The molecule has 0 fully saturated rings. The Labute approximate surface area is 160 Å². The standard InChI is InChI=1S/C19H16ClFN4O2/c1-10-15(8-5-13(9-22)16(10)20)23-17(11(2)26)19-25-24-18(27-19)12-3-6-14(21)7-4-12/h3-8,11,17,23,26H,1-2H3/t11?,17-/m1/s1. The topological polar surface area (TPSA) is 95.0 Å². The summed E-state index contributed by atoms with van der Waals surface area (Å²) in [6.45, 7) is 3.35. The lowest BCUT2D eigenvalue weighted by Crippen LogP contribution is -2.23. The normalized spacial score (nSPS) is 13.0. The summed E-state index contributed by atoms with van der Waals surface area (Å²) in [5, 5.41) is 30.7. The zero-order chi connectivity index (χ0) is 19.6. The van der Waals surface area contributed by atoms with Crippen molar-refractivity contribution in [2.24, 2.45) is 0 Å². The van der Waals surface area contributed by atoms with Gasteiger partial charge in [-0.2, -0.15) is 5.26 Å². The molecule has 138 valence electrons. The number of aliphatic hydroxyl groups is 1. The SMILES string of the molecule is Cc1c(N[C@@H](c2nnc(-c3ccc(F)cc3)o2)C(C)O)ccc(C#N)c1Cl. The van der Waals surface area contributed by atoms with E-state index in [1.54, 1.807) is 26.0 Å². The van der Waals surface area contributed by atoms with E-state index in [4.69, 9.17) is 21.3 Å². The number of hydrogen-bond donors (Lipinski definition) is 2. The Kier molecular flexibility index (Phi) is 5.40. The van der Waals surface area contributed by atoms with Gasteiger partial charge in [-0.3, -0.25) is 0 Å². The molecule has 1 unspecified atom stereocenters. The number of rotatable bonds is 5. The average Bonchev–Trinajstić information content (AvgIpc) is 3.13. The quantitative estimate of drug-likeness (QED) is 0.680. The summed E-state index contributed by atoms with van der Waals surface area (Å²) in [5.41, 5.74) is 2.23. The highest BCUT2D eigenvalue weighted by Gasteiger charge is 2.25. The minimum atomic E-state index is -0.861. The minimum absolute atomic E-state index is 0.171. The van der Waals surface area contributed by atoms with Crippen LogP contribution in [0.15, 0.2) is 40.8 Å². The third-order valence-electron chi connectivity index (χ3n) is 4.10. The number of anilines is 1. The molecule has 3 rings (SSSR count). The van der Waals surface area contributed by atoms with Crippen molar-refractivity contribution in [2.75, 3.05) is 5.32 Å². The van der Waals surface area contributed by atoms with E-state index in [1.807, 2.05) is 6.07 Å². The van der Waals surface area contributed by atoms with Crippen LogP contribution in [0, 0.1) is 24.1 Å². The number of halogens is 2. The molecule has 0 aliphatic rings. The highest BCUT2D eigenvalue weighted by Crippen LogP contribution is 2.31. The lowest BCUT2D eigenvalue weighted by molar-refractivity contribution is 0.159. The van der Waals surface area contributed by atoms with Gasteiger partial charge in [-0.1, -0.05) is 11.6 Å². The summed E-state index contributed by atoms with van der Waals surface area (Å²) in [6.07, 6.45) is -0.861. The molecule has 0 aliphatic heterocycles. The third-order valence-corrected chi connectivity index (χ3v) is 4.59. The monoisotopic (exact) mass is 386 g/mol. The number of aliphatic hydroxyl groups excluding tert-OH is 1. The number of hydrogen-bond acceptors (Lipinski definition) is 6. The van der Waals surface area contributed by atoms with Crippen LogP contribution in [0.3, 0.4) is 0 Å². The average molecular weight is 387 g/mol. The lowest BCUT2D eigenvalue weighted by atomic mass is 10.1. The molecule has 0 saturated carbocycles. The molecule has 6 nitrogen and oxygen atoms in total. The lowest BCUT2D eigenvalue weighted by Gasteiger charge is -2.21. The van der Waals surface area contributed by atoms with Crippen molar-refractivity contribution in [3.05, 3.63) is 64.3 Å². The molecule has 2 atom stereocenters. The van der Waals surface area contributed by atoms with Crippen LogP contribution in [0.5, 0.6) is 0 Å². The highest BCUT2D eigenvalue weighted by atomic mass is 35.5. The van der Waals surface area contributed by atoms with Gasteiger partial charge in [0.05, 0.1) is 16.7 Å². The smallest absolute Gasteiger partial charge is 0.247 e. The van der Waals surface area contributed by atoms with Gasteiger partial charge in [0.2, 0.25) is 11.8 Å². The fraction of sp³-hybridized carbons (Fsp3) is 0.211. The van der Waals surface area contributed by atoms with E-state index in [2.05, 4.69) is 15.5 Å². The summed E-state index contributed by atoms with van der Waals surface area (Å²) in [5.74, 6) is 0.0198. The maximum Gasteiger partial charge on any atom is 0.247 e. The number of nitrogens with one attached hydrogen (secondary N) is 1. The number of benzene rings is 2. The molecule has 0 bridgehead atoms. The Morgan fingerprint density at radius 2 is 1.93 bits per heavy atom. The van der Waals surface area contributed by atoms with Gasteiger partial charge in [0.25, 0.3) is 0 Å². The van der Waals surface area contributed by atoms with Gasteiger partial charge in [0.15, 0.2) is 0 Å². The molecule has 0 aliphatic carbocycles. The molecule has 3 aromatic rings. The Balaban J connectivity index is 1.90. The first-order valence-corrected chi connectivity index (χ1v) is 8.51. The van der Waals surface area contributed by atoms with Gasteiger partial charge in [0.1, 0.15) is 17.9 Å². The van der Waals surface area contributed by atoms with Crippen LogP contribution < -0.4 is 5.32 Å². The van der Waals surface area contributed by atoms with Gasteiger partial charge < -0.3 is 14.8 Å². The largest absolute Gasteiger partial charge is 0.418 e. The Bertz CT molecular complexity index is 996. The molecule has 27 heavy (non-hydrogen) atoms. The predicted molar refractivity (Wildman–Crippen MR) is 98.6 cm³/mol. The van der Waals surface area contributed by atoms with Crippen LogP contribution in [-0.2, 0) is 0 Å². The molecule has 2 N–H and O–H groups in total. The van der Waals surface area contributed by atoms with E-state index < -0.39 is 12.1 Å². The number of aromatic nitrogens is 2. The Morgan fingerprint density at radius 3 is 2.56 bits per heavy atom. The van der Waals surface area contributed by atoms with Gasteiger partial charge >= 0.3 is 0 Å². The summed E-state index contributed by atoms with van der Waals surface area (Å²) in [7, 11) is 0. The zero-order valence-corrected chi connectivity index (χ0v) is 15.3. The van der Waals surface area contributed by atoms with Crippen molar-refractivity contribution >= 4 is 17.3 Å². The van der Waals surface area contributed by atoms with Crippen molar-refractivity contribution in [3.63, 3.8) is 0 Å². The first kappa shape index (κ1) is 18.8. The first-order valence-electron chi connectivity index (χ1n) is 8.14. The second-order valence-electron chi connectivity index (χ2n) is 6.03. The maximum absolute atomic E-state index is 13.1. The molecule has 8 heteroatoms. The van der Waals surface area contributed by atoms with Crippen molar-refractivity contribution in [1.82, 2.24) is 10.2 Å². The van der Waals surface area contributed by atoms with E-state index in [0.29, 0.717) is 27.4 Å². The van der Waals surface area contributed by atoms with Crippen LogP contribution in [0.1, 0.15) is 30.0 Å². The number of nitriles is 1. The van der Waals surface area contributed by atoms with E-state index in [0.717, 1.165) is 0 Å². The van der Waals surface area contributed by atoms with E-state index >= 15 is 0 Å². The van der Waals surface area contributed by atoms with Gasteiger partial charge in [-0.05, 0) is 55.8 Å². The zero-order valence-electron chi connectivity index (χ0n) is 14.6. The van der Waals surface area contributed by atoms with Crippen molar-refractivity contribution < 1.29 is 13.9 Å². The van der Waals surface area contributed by atoms with Gasteiger partial charge in [-0.25, -0.2) is 4.39 Å². The fourth-order valence-corrected chi connectivity index (χ4v) is 2.76. The number of nitrogens with zero attached hydrogens (tertiary/aromatic N) is 3. The molecular weight excluding hydrogens is 371 g/mol. The predicted octanol–water partition coefficient (Wildman–Crippen LogP) is 4.24. The Morgan fingerprint density at radius 1 is 1.22 bits per heavy atom. The Hall–Kier alpha value is -2.95. The third kappa shape index (κ3) is 3.92. The van der Waals surface area contributed by atoms with Gasteiger partial charge in [0, 0.05) is 11.3 Å². The van der Waals surface area contributed by atoms with Crippen molar-refractivity contribution in [3.8, 4) is 17.5 Å². The highest BCUT2D eigenvalue weighted by molar-refractivity contribution is 6.32. The van der Waals surface area contributed by atoms with E-state index in [9.17, 15) is 9.50 Å². The molecule has 0 radical (unpaired) electrons. The molecular formula is C19H16ClFN4O2.